The second kappa shape index (κ2) is 6.66. The largest absolute Gasteiger partial charge is 0.416 e. The smallest absolute Gasteiger partial charge is 0.373 e. The summed E-state index contributed by atoms with van der Waals surface area (Å²) in [5.41, 5.74) is -0.631. The first kappa shape index (κ1) is 16.8. The lowest BCUT2D eigenvalue weighted by atomic mass is 10.2. The van der Waals surface area contributed by atoms with Crippen molar-refractivity contribution in [1.82, 2.24) is 4.90 Å². The second-order valence-corrected chi connectivity index (χ2v) is 5.58. The number of morpholine rings is 1. The lowest BCUT2D eigenvalue weighted by molar-refractivity contribution is -0.137. The van der Waals surface area contributed by atoms with Crippen molar-refractivity contribution in [3.8, 4) is 0 Å². The van der Waals surface area contributed by atoms with E-state index in [2.05, 4.69) is 5.32 Å². The Kier molecular flexibility index (Phi) is 5.08. The van der Waals surface area contributed by atoms with Gasteiger partial charge >= 0.3 is 6.18 Å². The van der Waals surface area contributed by atoms with Crippen LogP contribution in [0, 0.1) is 0 Å². The van der Waals surface area contributed by atoms with E-state index in [4.69, 9.17) is 4.74 Å². The molecule has 1 fully saturated rings. The van der Waals surface area contributed by atoms with Crippen molar-refractivity contribution in [2.24, 2.45) is 0 Å². The summed E-state index contributed by atoms with van der Waals surface area (Å²) in [7, 11) is 0. The van der Waals surface area contributed by atoms with E-state index in [1.54, 1.807) is 0 Å². The van der Waals surface area contributed by atoms with E-state index in [-0.39, 0.29) is 30.3 Å². The molecule has 1 heterocycles. The quantitative estimate of drug-likeness (QED) is 0.932. The third-order valence-corrected chi connectivity index (χ3v) is 3.34. The van der Waals surface area contributed by atoms with Gasteiger partial charge in [0, 0.05) is 18.8 Å². The summed E-state index contributed by atoms with van der Waals surface area (Å²) in [6, 6.07) is 4.62. The molecule has 4 nitrogen and oxygen atoms in total. The van der Waals surface area contributed by atoms with Crippen molar-refractivity contribution < 1.29 is 22.7 Å². The van der Waals surface area contributed by atoms with Gasteiger partial charge in [-0.2, -0.15) is 13.2 Å². The number of carbonyl (C=O) groups is 1. The summed E-state index contributed by atoms with van der Waals surface area (Å²) >= 11 is 0. The van der Waals surface area contributed by atoms with Gasteiger partial charge in [-0.25, -0.2) is 0 Å². The molecular weight excluding hydrogens is 297 g/mol. The van der Waals surface area contributed by atoms with Gasteiger partial charge in [0.25, 0.3) is 0 Å². The van der Waals surface area contributed by atoms with Gasteiger partial charge in [0.05, 0.1) is 24.3 Å². The predicted molar refractivity (Wildman–Crippen MR) is 76.5 cm³/mol. The molecule has 0 aliphatic carbocycles. The number of halogens is 3. The zero-order valence-electron chi connectivity index (χ0n) is 12.5. The fourth-order valence-corrected chi connectivity index (χ4v) is 2.59. The van der Waals surface area contributed by atoms with Crippen LogP contribution in [0.1, 0.15) is 19.4 Å². The van der Waals surface area contributed by atoms with E-state index in [0.717, 1.165) is 12.1 Å². The molecule has 1 N–H and O–H groups in total. The summed E-state index contributed by atoms with van der Waals surface area (Å²) in [4.78, 5) is 13.9. The molecule has 7 heteroatoms. The third kappa shape index (κ3) is 4.71. The molecule has 1 aromatic rings. The van der Waals surface area contributed by atoms with Gasteiger partial charge in [-0.3, -0.25) is 9.69 Å². The molecule has 122 valence electrons. The molecule has 0 aromatic heterocycles. The molecule has 1 amide bonds. The van der Waals surface area contributed by atoms with Crippen molar-refractivity contribution in [2.45, 2.75) is 32.2 Å². The van der Waals surface area contributed by atoms with Crippen molar-refractivity contribution in [3.63, 3.8) is 0 Å². The number of hydrogen-bond acceptors (Lipinski definition) is 3. The predicted octanol–water partition coefficient (Wildman–Crippen LogP) is 2.75. The minimum Gasteiger partial charge on any atom is -0.373 e. The topological polar surface area (TPSA) is 41.6 Å². The lowest BCUT2D eigenvalue weighted by Crippen LogP contribution is -2.48. The van der Waals surface area contributed by atoms with Crippen LogP contribution in [-0.4, -0.2) is 42.6 Å². The summed E-state index contributed by atoms with van der Waals surface area (Å²) in [6.07, 6.45) is -4.36. The number of ether oxygens (including phenoxy) is 1. The Bertz CT molecular complexity index is 524. The van der Waals surface area contributed by atoms with Crippen LogP contribution in [0.5, 0.6) is 0 Å². The SMILES string of the molecule is CC1CN(CC(=O)Nc2cccc(C(F)(F)F)c2)CC(C)O1. The Morgan fingerprint density at radius 3 is 2.55 bits per heavy atom. The third-order valence-electron chi connectivity index (χ3n) is 3.34. The highest BCUT2D eigenvalue weighted by Gasteiger charge is 2.30. The van der Waals surface area contributed by atoms with E-state index < -0.39 is 11.7 Å². The first-order valence-electron chi connectivity index (χ1n) is 7.09. The summed E-state index contributed by atoms with van der Waals surface area (Å²) < 4.78 is 43.5. The maximum atomic E-state index is 12.6. The number of benzene rings is 1. The van der Waals surface area contributed by atoms with Crippen molar-refractivity contribution in [2.75, 3.05) is 25.0 Å². The summed E-state index contributed by atoms with van der Waals surface area (Å²) in [6.45, 7) is 5.23. The van der Waals surface area contributed by atoms with Crippen molar-refractivity contribution in [1.29, 1.82) is 0 Å². The fraction of sp³-hybridized carbons (Fsp3) is 0.533. The van der Waals surface area contributed by atoms with Gasteiger partial charge in [-0.05, 0) is 32.0 Å². The molecular formula is C15H19F3N2O2. The number of carbonyl (C=O) groups excluding carboxylic acids is 1. The number of nitrogens with zero attached hydrogens (tertiary/aromatic N) is 1. The van der Waals surface area contributed by atoms with Gasteiger partial charge in [0.15, 0.2) is 0 Å². The van der Waals surface area contributed by atoms with Gasteiger partial charge in [-0.1, -0.05) is 6.07 Å². The Morgan fingerprint density at radius 1 is 1.32 bits per heavy atom. The zero-order valence-corrected chi connectivity index (χ0v) is 12.5. The van der Waals surface area contributed by atoms with Crippen molar-refractivity contribution in [3.05, 3.63) is 29.8 Å². The fourth-order valence-electron chi connectivity index (χ4n) is 2.59. The van der Waals surface area contributed by atoms with E-state index in [1.165, 1.54) is 12.1 Å². The molecule has 2 rings (SSSR count). The second-order valence-electron chi connectivity index (χ2n) is 5.58. The van der Waals surface area contributed by atoms with Gasteiger partial charge in [-0.15, -0.1) is 0 Å². The molecule has 0 saturated carbocycles. The summed E-state index contributed by atoms with van der Waals surface area (Å²) in [5, 5.41) is 2.51. The van der Waals surface area contributed by atoms with Crippen LogP contribution < -0.4 is 5.32 Å². The molecule has 2 atom stereocenters. The zero-order chi connectivity index (χ0) is 16.3. The number of rotatable bonds is 3. The Hall–Kier alpha value is -1.60. The van der Waals surface area contributed by atoms with Crippen LogP contribution in [0.4, 0.5) is 18.9 Å². The Morgan fingerprint density at radius 2 is 1.95 bits per heavy atom. The molecule has 1 saturated heterocycles. The maximum Gasteiger partial charge on any atom is 0.416 e. The Labute approximate surface area is 127 Å². The molecule has 0 radical (unpaired) electrons. The van der Waals surface area contributed by atoms with E-state index in [0.29, 0.717) is 13.1 Å². The highest BCUT2D eigenvalue weighted by atomic mass is 19.4. The van der Waals surface area contributed by atoms with Crippen LogP contribution >= 0.6 is 0 Å². The van der Waals surface area contributed by atoms with Crippen molar-refractivity contribution >= 4 is 11.6 Å². The molecule has 1 aliphatic heterocycles. The van der Waals surface area contributed by atoms with Gasteiger partial charge in [0.2, 0.25) is 5.91 Å². The van der Waals surface area contributed by atoms with E-state index in [1.807, 2.05) is 18.7 Å². The molecule has 1 aliphatic rings. The first-order valence-corrected chi connectivity index (χ1v) is 7.09. The average molecular weight is 316 g/mol. The van der Waals surface area contributed by atoms with E-state index >= 15 is 0 Å². The van der Waals surface area contributed by atoms with Crippen LogP contribution in [0.15, 0.2) is 24.3 Å². The molecule has 0 spiro atoms. The highest BCUT2D eigenvalue weighted by Crippen LogP contribution is 2.30. The number of amides is 1. The number of nitrogens with one attached hydrogen (secondary N) is 1. The first-order chi connectivity index (χ1) is 10.2. The standard InChI is InChI=1S/C15H19F3N2O2/c1-10-7-20(8-11(2)22-10)9-14(21)19-13-5-3-4-12(6-13)15(16,17)18/h3-6,10-11H,7-9H2,1-2H3,(H,19,21). The number of hydrogen-bond donors (Lipinski definition) is 1. The molecule has 2 unspecified atom stereocenters. The lowest BCUT2D eigenvalue weighted by Gasteiger charge is -2.34. The maximum absolute atomic E-state index is 12.6. The number of anilines is 1. The van der Waals surface area contributed by atoms with Crippen LogP contribution in [-0.2, 0) is 15.7 Å². The van der Waals surface area contributed by atoms with Crippen LogP contribution in [0.3, 0.4) is 0 Å². The van der Waals surface area contributed by atoms with Crippen LogP contribution in [0.25, 0.3) is 0 Å². The minimum absolute atomic E-state index is 0.0325. The molecule has 22 heavy (non-hydrogen) atoms. The average Bonchev–Trinajstić information content (AvgIpc) is 2.36. The molecule has 1 aromatic carbocycles. The monoisotopic (exact) mass is 316 g/mol. The van der Waals surface area contributed by atoms with E-state index in [9.17, 15) is 18.0 Å². The number of alkyl halides is 3. The highest BCUT2D eigenvalue weighted by molar-refractivity contribution is 5.92. The van der Waals surface area contributed by atoms with Crippen LogP contribution in [0.2, 0.25) is 0 Å². The minimum atomic E-state index is -4.42. The molecule has 0 bridgehead atoms. The van der Waals surface area contributed by atoms with Gasteiger partial charge in [0.1, 0.15) is 0 Å². The normalized spacial score (nSPS) is 23.3. The van der Waals surface area contributed by atoms with Gasteiger partial charge < -0.3 is 10.1 Å². The summed E-state index contributed by atoms with van der Waals surface area (Å²) in [5.74, 6) is -0.333. The Balaban J connectivity index is 1.95.